The highest BCUT2D eigenvalue weighted by molar-refractivity contribution is 6.42. The maximum absolute atomic E-state index is 12.8. The first-order valence-electron chi connectivity index (χ1n) is 9.69. The maximum Gasteiger partial charge on any atom is 0.255 e. The SMILES string of the molecule is CC1(C)CCn2c(nc(-c3ccncc3)cc2=O)N1CC(O)c1ccc(Cl)c(Cl)c1. The second kappa shape index (κ2) is 8.02. The molecule has 30 heavy (non-hydrogen) atoms. The van der Waals surface area contributed by atoms with Gasteiger partial charge in [-0.2, -0.15) is 0 Å². The summed E-state index contributed by atoms with van der Waals surface area (Å²) in [7, 11) is 0. The smallest absolute Gasteiger partial charge is 0.255 e. The van der Waals surface area contributed by atoms with Gasteiger partial charge in [-0.15, -0.1) is 0 Å². The van der Waals surface area contributed by atoms with Gasteiger partial charge in [0.1, 0.15) is 0 Å². The number of aliphatic hydroxyl groups is 1. The van der Waals surface area contributed by atoms with Crippen LogP contribution in [0.2, 0.25) is 10.0 Å². The van der Waals surface area contributed by atoms with E-state index in [0.717, 1.165) is 12.0 Å². The highest BCUT2D eigenvalue weighted by atomic mass is 35.5. The molecular formula is C22H22Cl2N4O2. The predicted octanol–water partition coefficient (Wildman–Crippen LogP) is 4.33. The van der Waals surface area contributed by atoms with Gasteiger partial charge in [0, 0.05) is 36.1 Å². The summed E-state index contributed by atoms with van der Waals surface area (Å²) in [5, 5.41) is 11.8. The van der Waals surface area contributed by atoms with Crippen molar-refractivity contribution in [1.29, 1.82) is 0 Å². The lowest BCUT2D eigenvalue weighted by atomic mass is 9.95. The Morgan fingerprint density at radius 2 is 1.87 bits per heavy atom. The summed E-state index contributed by atoms with van der Waals surface area (Å²) in [5.74, 6) is 0.546. The summed E-state index contributed by atoms with van der Waals surface area (Å²) < 4.78 is 1.66. The molecule has 1 aromatic carbocycles. The van der Waals surface area contributed by atoms with Crippen LogP contribution in [-0.2, 0) is 6.54 Å². The fourth-order valence-electron chi connectivity index (χ4n) is 3.70. The van der Waals surface area contributed by atoms with Crippen LogP contribution in [0.15, 0.2) is 53.6 Å². The lowest BCUT2D eigenvalue weighted by molar-refractivity contribution is 0.169. The van der Waals surface area contributed by atoms with Crippen molar-refractivity contribution in [3.05, 3.63) is 74.8 Å². The number of halogens is 2. The van der Waals surface area contributed by atoms with E-state index in [4.69, 9.17) is 28.2 Å². The molecule has 8 heteroatoms. The molecule has 0 aliphatic carbocycles. The molecule has 2 aromatic heterocycles. The van der Waals surface area contributed by atoms with Crippen molar-refractivity contribution in [1.82, 2.24) is 14.5 Å². The van der Waals surface area contributed by atoms with E-state index in [2.05, 4.69) is 18.8 Å². The molecule has 4 rings (SSSR count). The number of rotatable bonds is 4. The Labute approximate surface area is 184 Å². The fraction of sp³-hybridized carbons (Fsp3) is 0.318. The number of hydrogen-bond donors (Lipinski definition) is 1. The Bertz CT molecular complexity index is 1130. The molecule has 6 nitrogen and oxygen atoms in total. The van der Waals surface area contributed by atoms with Crippen molar-refractivity contribution in [2.75, 3.05) is 11.4 Å². The van der Waals surface area contributed by atoms with Crippen LogP contribution in [-0.4, -0.2) is 31.7 Å². The molecule has 0 saturated heterocycles. The van der Waals surface area contributed by atoms with Crippen LogP contribution in [0.3, 0.4) is 0 Å². The van der Waals surface area contributed by atoms with Gasteiger partial charge >= 0.3 is 0 Å². The van der Waals surface area contributed by atoms with Crippen LogP contribution in [0, 0.1) is 0 Å². The lowest BCUT2D eigenvalue weighted by Gasteiger charge is -2.45. The number of fused-ring (bicyclic) bond motifs is 1. The van der Waals surface area contributed by atoms with E-state index >= 15 is 0 Å². The first kappa shape index (κ1) is 20.8. The number of β-amino-alcohol motifs (C(OH)–C–C–N with tert-alkyl or cyclic N) is 1. The summed E-state index contributed by atoms with van der Waals surface area (Å²) in [4.78, 5) is 23.7. The van der Waals surface area contributed by atoms with Crippen molar-refractivity contribution in [2.45, 2.75) is 38.5 Å². The molecule has 3 heterocycles. The van der Waals surface area contributed by atoms with Gasteiger partial charge in [-0.3, -0.25) is 14.3 Å². The number of aromatic nitrogens is 3. The normalized spacial score (nSPS) is 16.2. The second-order valence-electron chi connectivity index (χ2n) is 8.03. The topological polar surface area (TPSA) is 71.2 Å². The summed E-state index contributed by atoms with van der Waals surface area (Å²) in [6, 6.07) is 10.3. The van der Waals surface area contributed by atoms with Crippen molar-refractivity contribution in [3.8, 4) is 11.3 Å². The third kappa shape index (κ3) is 3.95. The quantitative estimate of drug-likeness (QED) is 0.647. The monoisotopic (exact) mass is 444 g/mol. The molecule has 156 valence electrons. The first-order chi connectivity index (χ1) is 14.3. The number of nitrogens with zero attached hydrogens (tertiary/aromatic N) is 4. The number of pyridine rings is 1. The number of hydrogen-bond acceptors (Lipinski definition) is 5. The molecule has 0 amide bonds. The van der Waals surface area contributed by atoms with Gasteiger partial charge in [0.15, 0.2) is 0 Å². The van der Waals surface area contributed by atoms with E-state index in [1.807, 2.05) is 17.0 Å². The molecule has 1 unspecified atom stereocenters. The highest BCUT2D eigenvalue weighted by Gasteiger charge is 2.36. The standard InChI is InChI=1S/C22H22Cl2N4O2/c1-22(2)7-10-27-20(30)12-18(14-5-8-25-9-6-14)26-21(27)28(22)13-19(29)15-3-4-16(23)17(24)11-15/h3-6,8-9,11-12,19,29H,7,10,13H2,1-2H3. The van der Waals surface area contributed by atoms with Crippen molar-refractivity contribution in [2.24, 2.45) is 0 Å². The molecular weight excluding hydrogens is 423 g/mol. The van der Waals surface area contributed by atoms with Crippen molar-refractivity contribution < 1.29 is 5.11 Å². The average molecular weight is 445 g/mol. The van der Waals surface area contributed by atoms with E-state index in [0.29, 0.717) is 33.8 Å². The third-order valence-electron chi connectivity index (χ3n) is 5.57. The zero-order valence-electron chi connectivity index (χ0n) is 16.7. The number of benzene rings is 1. The van der Waals surface area contributed by atoms with Crippen LogP contribution in [0.4, 0.5) is 5.95 Å². The fourth-order valence-corrected chi connectivity index (χ4v) is 4.00. The van der Waals surface area contributed by atoms with Crippen LogP contribution in [0.25, 0.3) is 11.3 Å². The van der Waals surface area contributed by atoms with E-state index in [-0.39, 0.29) is 17.6 Å². The van der Waals surface area contributed by atoms with Gasteiger partial charge in [0.05, 0.1) is 28.4 Å². The Balaban J connectivity index is 1.75. The van der Waals surface area contributed by atoms with Gasteiger partial charge in [0.25, 0.3) is 5.56 Å². The molecule has 0 bridgehead atoms. The maximum atomic E-state index is 12.8. The summed E-state index contributed by atoms with van der Waals surface area (Å²) in [5.41, 5.74) is 1.65. The van der Waals surface area contributed by atoms with Crippen LogP contribution < -0.4 is 10.5 Å². The molecule has 0 fully saturated rings. The summed E-state index contributed by atoms with van der Waals surface area (Å²) in [6.07, 6.45) is 3.27. The third-order valence-corrected chi connectivity index (χ3v) is 6.31. The van der Waals surface area contributed by atoms with Crippen LogP contribution >= 0.6 is 23.2 Å². The second-order valence-corrected chi connectivity index (χ2v) is 8.84. The Morgan fingerprint density at radius 3 is 2.57 bits per heavy atom. The predicted molar refractivity (Wildman–Crippen MR) is 119 cm³/mol. The molecule has 1 atom stereocenters. The van der Waals surface area contributed by atoms with E-state index < -0.39 is 6.10 Å². The molecule has 1 N–H and O–H groups in total. The zero-order chi connectivity index (χ0) is 21.5. The van der Waals surface area contributed by atoms with Gasteiger partial charge in [-0.05, 0) is 50.1 Å². The van der Waals surface area contributed by atoms with Gasteiger partial charge in [-0.1, -0.05) is 29.3 Å². The Kier molecular flexibility index (Phi) is 5.57. The molecule has 0 radical (unpaired) electrons. The molecule has 3 aromatic rings. The Hall–Kier alpha value is -2.41. The molecule has 0 spiro atoms. The molecule has 1 aliphatic heterocycles. The lowest BCUT2D eigenvalue weighted by Crippen LogP contribution is -2.53. The van der Waals surface area contributed by atoms with Crippen molar-refractivity contribution >= 4 is 29.2 Å². The van der Waals surface area contributed by atoms with Gasteiger partial charge in [0.2, 0.25) is 5.95 Å². The minimum Gasteiger partial charge on any atom is -0.387 e. The van der Waals surface area contributed by atoms with E-state index in [9.17, 15) is 9.90 Å². The van der Waals surface area contributed by atoms with E-state index in [1.165, 1.54) is 0 Å². The van der Waals surface area contributed by atoms with Gasteiger partial charge in [-0.25, -0.2) is 4.98 Å². The summed E-state index contributed by atoms with van der Waals surface area (Å²) in [6.45, 7) is 5.01. The minimum absolute atomic E-state index is 0.115. The average Bonchev–Trinajstić information content (AvgIpc) is 2.72. The first-order valence-corrected chi connectivity index (χ1v) is 10.4. The number of aliphatic hydroxyl groups excluding tert-OH is 1. The number of anilines is 1. The molecule has 0 saturated carbocycles. The minimum atomic E-state index is -0.827. The largest absolute Gasteiger partial charge is 0.387 e. The highest BCUT2D eigenvalue weighted by Crippen LogP contribution is 2.34. The van der Waals surface area contributed by atoms with E-state index in [1.54, 1.807) is 41.2 Å². The van der Waals surface area contributed by atoms with Crippen molar-refractivity contribution in [3.63, 3.8) is 0 Å². The zero-order valence-corrected chi connectivity index (χ0v) is 18.2. The van der Waals surface area contributed by atoms with Gasteiger partial charge < -0.3 is 10.0 Å². The van der Waals surface area contributed by atoms with Crippen LogP contribution in [0.1, 0.15) is 31.9 Å². The van der Waals surface area contributed by atoms with Crippen LogP contribution in [0.5, 0.6) is 0 Å². The summed E-state index contributed by atoms with van der Waals surface area (Å²) >= 11 is 12.1. The molecule has 1 aliphatic rings. The Morgan fingerprint density at radius 1 is 1.13 bits per heavy atom.